The number of hydrogen-bond donors (Lipinski definition) is 2. The van der Waals surface area contributed by atoms with Gasteiger partial charge in [-0.05, 0) is 31.7 Å². The van der Waals surface area contributed by atoms with Crippen molar-refractivity contribution in [3.05, 3.63) is 16.1 Å². The van der Waals surface area contributed by atoms with E-state index < -0.39 is 0 Å². The van der Waals surface area contributed by atoms with E-state index in [9.17, 15) is 0 Å². The molecule has 1 aromatic rings. The average molecular weight is 241 g/mol. The van der Waals surface area contributed by atoms with E-state index >= 15 is 0 Å². The molecule has 3 nitrogen and oxygen atoms in total. The van der Waals surface area contributed by atoms with Crippen molar-refractivity contribution in [2.75, 3.05) is 13.1 Å². The first-order valence-corrected chi connectivity index (χ1v) is 6.79. The van der Waals surface area contributed by atoms with Crippen LogP contribution in [0.15, 0.2) is 6.20 Å². The molecule has 0 aliphatic heterocycles. The zero-order chi connectivity index (χ0) is 12.0. The summed E-state index contributed by atoms with van der Waals surface area (Å²) in [5.74, 6) is 0. The van der Waals surface area contributed by atoms with Gasteiger partial charge in [-0.1, -0.05) is 13.8 Å². The Balaban J connectivity index is 2.39. The van der Waals surface area contributed by atoms with Crippen molar-refractivity contribution in [3.8, 4) is 0 Å². The fourth-order valence-electron chi connectivity index (χ4n) is 1.80. The zero-order valence-corrected chi connectivity index (χ0v) is 11.4. The van der Waals surface area contributed by atoms with E-state index in [2.05, 4.69) is 24.1 Å². The number of aromatic nitrogens is 1. The van der Waals surface area contributed by atoms with Gasteiger partial charge in [0.15, 0.2) is 0 Å². The van der Waals surface area contributed by atoms with Gasteiger partial charge in [-0.25, -0.2) is 4.98 Å². The number of aryl methyl sites for hydroxylation is 1. The molecule has 1 aromatic heterocycles. The van der Waals surface area contributed by atoms with Gasteiger partial charge in [-0.2, -0.15) is 0 Å². The maximum Gasteiger partial charge on any atom is 0.0897 e. The van der Waals surface area contributed by atoms with Gasteiger partial charge < -0.3 is 11.1 Å². The molecule has 0 fully saturated rings. The molecule has 0 aliphatic rings. The third-order valence-electron chi connectivity index (χ3n) is 3.40. The van der Waals surface area contributed by atoms with E-state index in [0.29, 0.717) is 0 Å². The molecule has 0 atom stereocenters. The van der Waals surface area contributed by atoms with Crippen LogP contribution in [0.25, 0.3) is 0 Å². The lowest BCUT2D eigenvalue weighted by atomic mass is 9.82. The predicted octanol–water partition coefficient (Wildman–Crippen LogP) is 2.31. The molecule has 92 valence electrons. The Morgan fingerprint density at radius 3 is 2.56 bits per heavy atom. The molecular formula is C12H23N3S. The van der Waals surface area contributed by atoms with Crippen LogP contribution in [0, 0.1) is 12.3 Å². The normalized spacial score (nSPS) is 12.0. The Morgan fingerprint density at radius 2 is 2.12 bits per heavy atom. The smallest absolute Gasteiger partial charge is 0.0897 e. The molecule has 0 saturated heterocycles. The molecule has 1 heterocycles. The van der Waals surface area contributed by atoms with Crippen LogP contribution in [0.1, 0.15) is 36.6 Å². The fraction of sp³-hybridized carbons (Fsp3) is 0.750. The van der Waals surface area contributed by atoms with Gasteiger partial charge in [0.2, 0.25) is 0 Å². The lowest BCUT2D eigenvalue weighted by molar-refractivity contribution is 0.259. The quantitative estimate of drug-likeness (QED) is 0.770. The molecule has 0 bridgehead atoms. The molecule has 0 aliphatic carbocycles. The Labute approximate surface area is 102 Å². The van der Waals surface area contributed by atoms with Gasteiger partial charge in [0.05, 0.1) is 5.01 Å². The summed E-state index contributed by atoms with van der Waals surface area (Å²) < 4.78 is 0. The first-order chi connectivity index (χ1) is 7.65. The Morgan fingerprint density at radius 1 is 1.44 bits per heavy atom. The summed E-state index contributed by atoms with van der Waals surface area (Å²) in [6.45, 7) is 9.13. The molecule has 0 saturated carbocycles. The molecule has 1 rings (SSSR count). The van der Waals surface area contributed by atoms with Crippen LogP contribution in [0.4, 0.5) is 0 Å². The predicted molar refractivity (Wildman–Crippen MR) is 70.6 cm³/mol. The van der Waals surface area contributed by atoms with Gasteiger partial charge in [0.1, 0.15) is 0 Å². The van der Waals surface area contributed by atoms with Crippen molar-refractivity contribution < 1.29 is 0 Å². The largest absolute Gasteiger partial charge is 0.330 e. The maximum atomic E-state index is 5.86. The molecule has 0 aromatic carbocycles. The van der Waals surface area contributed by atoms with Gasteiger partial charge in [0.25, 0.3) is 0 Å². The number of nitrogens with one attached hydrogen (secondary N) is 1. The van der Waals surface area contributed by atoms with Gasteiger partial charge in [-0.15, -0.1) is 11.3 Å². The van der Waals surface area contributed by atoms with Crippen LogP contribution in [-0.2, 0) is 6.54 Å². The van der Waals surface area contributed by atoms with Crippen LogP contribution < -0.4 is 11.1 Å². The van der Waals surface area contributed by atoms with Gasteiger partial charge >= 0.3 is 0 Å². The summed E-state index contributed by atoms with van der Waals surface area (Å²) in [5.41, 5.74) is 6.13. The van der Waals surface area contributed by atoms with Crippen LogP contribution in [0.5, 0.6) is 0 Å². The maximum absolute atomic E-state index is 5.86. The van der Waals surface area contributed by atoms with Gasteiger partial charge in [-0.3, -0.25) is 0 Å². The summed E-state index contributed by atoms with van der Waals surface area (Å²) >= 11 is 1.76. The van der Waals surface area contributed by atoms with E-state index in [1.807, 2.05) is 13.1 Å². The summed E-state index contributed by atoms with van der Waals surface area (Å²) in [6.07, 6.45) is 4.22. The molecule has 3 N–H and O–H groups in total. The summed E-state index contributed by atoms with van der Waals surface area (Å²) in [7, 11) is 0. The second kappa shape index (κ2) is 6.33. The number of nitrogens with zero attached hydrogens (tertiary/aromatic N) is 1. The van der Waals surface area contributed by atoms with Crippen molar-refractivity contribution in [1.29, 1.82) is 0 Å². The molecule has 0 amide bonds. The van der Waals surface area contributed by atoms with Crippen LogP contribution in [0.2, 0.25) is 0 Å². The van der Waals surface area contributed by atoms with E-state index in [1.54, 1.807) is 11.3 Å². The topological polar surface area (TPSA) is 50.9 Å². The second-order valence-electron chi connectivity index (χ2n) is 4.36. The zero-order valence-electron chi connectivity index (χ0n) is 10.5. The number of nitrogens with two attached hydrogens (primary N) is 1. The van der Waals surface area contributed by atoms with E-state index in [0.717, 1.165) is 37.5 Å². The molecular weight excluding hydrogens is 218 g/mol. The molecule has 0 spiro atoms. The highest BCUT2D eigenvalue weighted by Crippen LogP contribution is 2.23. The van der Waals surface area contributed by atoms with Crippen LogP contribution >= 0.6 is 11.3 Å². The van der Waals surface area contributed by atoms with Gasteiger partial charge in [0, 0.05) is 24.2 Å². The lowest BCUT2D eigenvalue weighted by Gasteiger charge is -2.30. The van der Waals surface area contributed by atoms with Crippen LogP contribution in [-0.4, -0.2) is 18.1 Å². The summed E-state index contributed by atoms with van der Waals surface area (Å²) in [6, 6.07) is 0. The number of rotatable bonds is 7. The highest BCUT2D eigenvalue weighted by molar-refractivity contribution is 7.11. The Hall–Kier alpha value is -0.450. The van der Waals surface area contributed by atoms with Crippen LogP contribution in [0.3, 0.4) is 0 Å². The number of hydrogen-bond acceptors (Lipinski definition) is 4. The Kier molecular flexibility index (Phi) is 5.38. The third-order valence-corrected chi connectivity index (χ3v) is 4.31. The lowest BCUT2D eigenvalue weighted by Crippen LogP contribution is -2.39. The first-order valence-electron chi connectivity index (χ1n) is 5.98. The van der Waals surface area contributed by atoms with Crippen molar-refractivity contribution in [2.45, 2.75) is 40.2 Å². The van der Waals surface area contributed by atoms with Crippen molar-refractivity contribution in [2.24, 2.45) is 11.1 Å². The average Bonchev–Trinajstić information content (AvgIpc) is 2.71. The van der Waals surface area contributed by atoms with E-state index in [4.69, 9.17) is 5.73 Å². The summed E-state index contributed by atoms with van der Waals surface area (Å²) in [5, 5.41) is 4.63. The minimum Gasteiger partial charge on any atom is -0.330 e. The monoisotopic (exact) mass is 241 g/mol. The molecule has 16 heavy (non-hydrogen) atoms. The fourth-order valence-corrected chi connectivity index (χ4v) is 2.56. The third kappa shape index (κ3) is 3.54. The summed E-state index contributed by atoms with van der Waals surface area (Å²) in [4.78, 5) is 5.55. The van der Waals surface area contributed by atoms with Crippen molar-refractivity contribution in [1.82, 2.24) is 10.3 Å². The minimum absolute atomic E-state index is 0.264. The second-order valence-corrected chi connectivity index (χ2v) is 5.68. The molecule has 0 unspecified atom stereocenters. The van der Waals surface area contributed by atoms with Crippen molar-refractivity contribution >= 4 is 11.3 Å². The SMILES string of the molecule is CCC(CC)(CN)CNCc1cnc(C)s1. The highest BCUT2D eigenvalue weighted by atomic mass is 32.1. The first kappa shape index (κ1) is 13.6. The molecule has 0 radical (unpaired) electrons. The number of thiazole rings is 1. The van der Waals surface area contributed by atoms with E-state index in [1.165, 1.54) is 4.88 Å². The minimum atomic E-state index is 0.264. The standard InChI is InChI=1S/C12H23N3S/c1-4-12(5-2,8-13)9-14-6-11-7-15-10(3)16-11/h7,14H,4-6,8-9,13H2,1-3H3. The van der Waals surface area contributed by atoms with Crippen molar-refractivity contribution in [3.63, 3.8) is 0 Å². The highest BCUT2D eigenvalue weighted by Gasteiger charge is 2.23. The molecule has 4 heteroatoms. The van der Waals surface area contributed by atoms with E-state index in [-0.39, 0.29) is 5.41 Å². The Bertz CT molecular complexity index is 297.